The monoisotopic (exact) mass is 342 g/mol. The highest BCUT2D eigenvalue weighted by atomic mass is 16.5. The van der Waals surface area contributed by atoms with E-state index in [1.54, 1.807) is 0 Å². The van der Waals surface area contributed by atoms with E-state index < -0.39 is 5.97 Å². The molecule has 0 aliphatic heterocycles. The molecule has 0 rings (SSSR count). The highest BCUT2D eigenvalue weighted by Crippen LogP contribution is 2.16. The molecule has 0 aliphatic rings. The van der Waals surface area contributed by atoms with Gasteiger partial charge in [0.2, 0.25) is 0 Å². The predicted octanol–water partition coefficient (Wildman–Crippen LogP) is 6.74. The second-order valence-electron chi connectivity index (χ2n) is 7.17. The van der Waals surface area contributed by atoms with Crippen molar-refractivity contribution in [2.45, 2.75) is 122 Å². The van der Waals surface area contributed by atoms with Crippen molar-refractivity contribution in [2.75, 3.05) is 7.11 Å². The Bertz CT molecular complexity index is 266. The summed E-state index contributed by atoms with van der Waals surface area (Å²) in [6, 6.07) is 0. The number of methoxy groups -OCH3 is 1. The lowest BCUT2D eigenvalue weighted by Crippen LogP contribution is -2.10. The van der Waals surface area contributed by atoms with Crippen LogP contribution in [0, 0.1) is 0 Å². The maximum Gasteiger partial charge on any atom is 0.303 e. The molecule has 0 spiro atoms. The van der Waals surface area contributed by atoms with Gasteiger partial charge in [-0.3, -0.25) is 4.79 Å². The topological polar surface area (TPSA) is 46.5 Å². The number of rotatable bonds is 19. The van der Waals surface area contributed by atoms with Gasteiger partial charge in [-0.05, 0) is 19.3 Å². The van der Waals surface area contributed by atoms with E-state index in [1.165, 1.54) is 77.0 Å². The Balaban J connectivity index is 3.33. The summed E-state index contributed by atoms with van der Waals surface area (Å²) in [6.45, 7) is 2.27. The zero-order valence-corrected chi connectivity index (χ0v) is 16.4. The fourth-order valence-corrected chi connectivity index (χ4v) is 3.24. The van der Waals surface area contributed by atoms with Crippen LogP contribution in [-0.2, 0) is 9.53 Å². The molecule has 1 unspecified atom stereocenters. The molecular formula is C21H42O3. The van der Waals surface area contributed by atoms with Crippen LogP contribution in [0.15, 0.2) is 0 Å². The minimum atomic E-state index is -0.671. The first kappa shape index (κ1) is 23.4. The number of aliphatic carboxylic acids is 1. The molecule has 3 nitrogen and oxygen atoms in total. The van der Waals surface area contributed by atoms with Crippen molar-refractivity contribution in [1.82, 2.24) is 0 Å². The largest absolute Gasteiger partial charge is 0.481 e. The van der Waals surface area contributed by atoms with Gasteiger partial charge in [-0.15, -0.1) is 0 Å². The van der Waals surface area contributed by atoms with Crippen LogP contribution < -0.4 is 0 Å². The number of carboxylic acids is 1. The van der Waals surface area contributed by atoms with Gasteiger partial charge in [0.05, 0.1) is 6.10 Å². The van der Waals surface area contributed by atoms with Crippen LogP contribution in [0.3, 0.4) is 0 Å². The average molecular weight is 343 g/mol. The van der Waals surface area contributed by atoms with Gasteiger partial charge in [-0.1, -0.05) is 90.4 Å². The van der Waals surface area contributed by atoms with Crippen molar-refractivity contribution in [1.29, 1.82) is 0 Å². The third-order valence-corrected chi connectivity index (χ3v) is 4.88. The highest BCUT2D eigenvalue weighted by Gasteiger charge is 2.06. The maximum absolute atomic E-state index is 10.4. The van der Waals surface area contributed by atoms with Crippen LogP contribution in [-0.4, -0.2) is 24.3 Å². The standard InChI is InChI=1S/C21H42O3/c1-3-4-5-6-7-8-9-11-14-17-20(24-2)18-15-12-10-13-16-19-21(22)23/h20H,3-19H2,1-2H3,(H,22,23). The molecule has 0 saturated heterocycles. The van der Waals surface area contributed by atoms with Crippen LogP contribution in [0.1, 0.15) is 116 Å². The third-order valence-electron chi connectivity index (χ3n) is 4.88. The van der Waals surface area contributed by atoms with Gasteiger partial charge in [0.25, 0.3) is 0 Å². The fraction of sp³-hybridized carbons (Fsp3) is 0.952. The second-order valence-corrected chi connectivity index (χ2v) is 7.17. The molecule has 144 valence electrons. The van der Waals surface area contributed by atoms with Crippen LogP contribution in [0.25, 0.3) is 0 Å². The van der Waals surface area contributed by atoms with E-state index in [9.17, 15) is 4.79 Å². The maximum atomic E-state index is 10.4. The third kappa shape index (κ3) is 17.8. The van der Waals surface area contributed by atoms with Crippen molar-refractivity contribution in [3.63, 3.8) is 0 Å². The molecule has 0 aromatic heterocycles. The Morgan fingerprint density at radius 3 is 1.58 bits per heavy atom. The zero-order chi connectivity index (χ0) is 17.9. The normalized spacial score (nSPS) is 12.4. The van der Waals surface area contributed by atoms with E-state index in [1.807, 2.05) is 7.11 Å². The van der Waals surface area contributed by atoms with E-state index in [2.05, 4.69) is 6.92 Å². The number of hydrogen-bond acceptors (Lipinski definition) is 2. The van der Waals surface area contributed by atoms with Crippen LogP contribution in [0.4, 0.5) is 0 Å². The molecule has 1 atom stereocenters. The van der Waals surface area contributed by atoms with Crippen molar-refractivity contribution < 1.29 is 14.6 Å². The number of carbonyl (C=O) groups is 1. The Morgan fingerprint density at radius 1 is 0.750 bits per heavy atom. The van der Waals surface area contributed by atoms with Gasteiger partial charge in [0, 0.05) is 13.5 Å². The summed E-state index contributed by atoms with van der Waals surface area (Å²) >= 11 is 0. The number of ether oxygens (including phenoxy) is 1. The van der Waals surface area contributed by atoms with Crippen LogP contribution in [0.5, 0.6) is 0 Å². The van der Waals surface area contributed by atoms with Gasteiger partial charge in [0.1, 0.15) is 0 Å². The second kappa shape index (κ2) is 18.8. The average Bonchev–Trinajstić information content (AvgIpc) is 2.57. The summed E-state index contributed by atoms with van der Waals surface area (Å²) in [4.78, 5) is 10.4. The van der Waals surface area contributed by atoms with Crippen LogP contribution >= 0.6 is 0 Å². The Hall–Kier alpha value is -0.570. The molecule has 0 aromatic rings. The lowest BCUT2D eigenvalue weighted by Gasteiger charge is -2.15. The van der Waals surface area contributed by atoms with E-state index >= 15 is 0 Å². The molecule has 3 heteroatoms. The smallest absolute Gasteiger partial charge is 0.303 e. The van der Waals surface area contributed by atoms with Gasteiger partial charge < -0.3 is 9.84 Å². The Kier molecular flexibility index (Phi) is 18.3. The molecule has 0 saturated carbocycles. The van der Waals surface area contributed by atoms with E-state index in [0.29, 0.717) is 12.5 Å². The molecule has 0 aliphatic carbocycles. The van der Waals surface area contributed by atoms with E-state index in [-0.39, 0.29) is 0 Å². The Labute approximate surface area is 150 Å². The molecule has 0 bridgehead atoms. The lowest BCUT2D eigenvalue weighted by atomic mass is 10.0. The minimum absolute atomic E-state index is 0.319. The van der Waals surface area contributed by atoms with Crippen molar-refractivity contribution in [3.8, 4) is 0 Å². The first-order chi connectivity index (χ1) is 11.7. The van der Waals surface area contributed by atoms with Gasteiger partial charge in [0.15, 0.2) is 0 Å². The summed E-state index contributed by atoms with van der Waals surface area (Å²) < 4.78 is 5.60. The summed E-state index contributed by atoms with van der Waals surface area (Å²) in [7, 11) is 1.84. The summed E-state index contributed by atoms with van der Waals surface area (Å²) in [5.74, 6) is -0.671. The van der Waals surface area contributed by atoms with Crippen LogP contribution in [0.2, 0.25) is 0 Å². The molecule has 0 fully saturated rings. The summed E-state index contributed by atoms with van der Waals surface area (Å²) in [6.07, 6.45) is 20.9. The van der Waals surface area contributed by atoms with E-state index in [4.69, 9.17) is 9.84 Å². The number of carboxylic acid groups (broad SMARTS) is 1. The van der Waals surface area contributed by atoms with Crippen molar-refractivity contribution in [3.05, 3.63) is 0 Å². The molecule has 0 amide bonds. The highest BCUT2D eigenvalue weighted by molar-refractivity contribution is 5.66. The summed E-state index contributed by atoms with van der Waals surface area (Å²) in [5, 5.41) is 8.59. The zero-order valence-electron chi connectivity index (χ0n) is 16.4. The number of unbranched alkanes of at least 4 members (excludes halogenated alkanes) is 12. The Morgan fingerprint density at radius 2 is 1.17 bits per heavy atom. The van der Waals surface area contributed by atoms with Gasteiger partial charge in [-0.2, -0.15) is 0 Å². The fourth-order valence-electron chi connectivity index (χ4n) is 3.24. The van der Waals surface area contributed by atoms with Crippen molar-refractivity contribution in [2.24, 2.45) is 0 Å². The molecule has 0 aromatic carbocycles. The van der Waals surface area contributed by atoms with Gasteiger partial charge in [-0.25, -0.2) is 0 Å². The van der Waals surface area contributed by atoms with Gasteiger partial charge >= 0.3 is 5.97 Å². The SMILES string of the molecule is CCCCCCCCCCCC(CCCCCCCC(=O)O)OC. The molecule has 0 heterocycles. The molecule has 0 radical (unpaired) electrons. The molecule has 24 heavy (non-hydrogen) atoms. The molecular weight excluding hydrogens is 300 g/mol. The van der Waals surface area contributed by atoms with E-state index in [0.717, 1.165) is 25.7 Å². The molecule has 1 N–H and O–H groups in total. The summed E-state index contributed by atoms with van der Waals surface area (Å²) in [5.41, 5.74) is 0. The first-order valence-electron chi connectivity index (χ1n) is 10.4. The minimum Gasteiger partial charge on any atom is -0.481 e. The first-order valence-corrected chi connectivity index (χ1v) is 10.4. The van der Waals surface area contributed by atoms with Crippen molar-refractivity contribution >= 4 is 5.97 Å². The lowest BCUT2D eigenvalue weighted by molar-refractivity contribution is -0.137. The quantitative estimate of drug-likeness (QED) is 0.264. The predicted molar refractivity (Wildman–Crippen MR) is 103 cm³/mol. The number of hydrogen-bond donors (Lipinski definition) is 1.